The number of hydrogen-bond donors (Lipinski definition) is 2. The van der Waals surface area contributed by atoms with Gasteiger partial charge in [0.25, 0.3) is 5.91 Å². The molecule has 1 aromatic carbocycles. The van der Waals surface area contributed by atoms with Crippen molar-refractivity contribution >= 4 is 33.5 Å². The first-order chi connectivity index (χ1) is 11.8. The lowest BCUT2D eigenvalue weighted by Crippen LogP contribution is -2.41. The van der Waals surface area contributed by atoms with Gasteiger partial charge in [0.15, 0.2) is 6.61 Å². The maximum Gasteiger partial charge on any atom is 0.324 e. The number of carbonyl (C=O) groups is 2. The van der Waals surface area contributed by atoms with E-state index in [1.807, 2.05) is 0 Å². The largest absolute Gasteiger partial charge is 0.454 e. The van der Waals surface area contributed by atoms with Gasteiger partial charge in [0.2, 0.25) is 10.0 Å². The van der Waals surface area contributed by atoms with Gasteiger partial charge in [0, 0.05) is 11.1 Å². The Morgan fingerprint density at radius 1 is 1.32 bits per heavy atom. The van der Waals surface area contributed by atoms with E-state index in [4.69, 9.17) is 16.3 Å². The zero-order chi connectivity index (χ0) is 18.4. The zero-order valence-corrected chi connectivity index (χ0v) is 15.4. The second-order valence-corrected chi connectivity index (χ2v) is 8.11. The van der Waals surface area contributed by atoms with E-state index in [2.05, 4.69) is 10.0 Å². The molecule has 0 bridgehead atoms. The van der Waals surface area contributed by atoms with Gasteiger partial charge in [-0.25, -0.2) is 8.42 Å². The predicted octanol–water partition coefficient (Wildman–Crippen LogP) is 1.61. The van der Waals surface area contributed by atoms with E-state index in [0.29, 0.717) is 0 Å². The lowest BCUT2D eigenvalue weighted by atomic mass is 10.2. The Bertz CT molecular complexity index is 732. The molecule has 1 aliphatic carbocycles. The molecule has 1 atom stereocenters. The number of halogens is 1. The highest BCUT2D eigenvalue weighted by molar-refractivity contribution is 7.89. The zero-order valence-electron chi connectivity index (χ0n) is 13.8. The fraction of sp³-hybridized carbons (Fsp3) is 0.500. The van der Waals surface area contributed by atoms with E-state index >= 15 is 0 Å². The van der Waals surface area contributed by atoms with Crippen LogP contribution in [0.25, 0.3) is 0 Å². The number of rotatable bonds is 7. The van der Waals surface area contributed by atoms with Gasteiger partial charge in [0.1, 0.15) is 6.04 Å². The summed E-state index contributed by atoms with van der Waals surface area (Å²) in [7, 11) is -3.92. The maximum absolute atomic E-state index is 12.2. The number of hydrogen-bond acceptors (Lipinski definition) is 5. The number of amides is 1. The summed E-state index contributed by atoms with van der Waals surface area (Å²) in [6.07, 6.45) is 4.01. The van der Waals surface area contributed by atoms with Crippen molar-refractivity contribution in [2.75, 3.05) is 6.61 Å². The quantitative estimate of drug-likeness (QED) is 0.691. The van der Waals surface area contributed by atoms with Crippen LogP contribution < -0.4 is 10.0 Å². The molecule has 1 amide bonds. The van der Waals surface area contributed by atoms with Crippen molar-refractivity contribution in [1.29, 1.82) is 0 Å². The summed E-state index contributed by atoms with van der Waals surface area (Å²) < 4.78 is 31.5. The highest BCUT2D eigenvalue weighted by Crippen LogP contribution is 2.17. The van der Waals surface area contributed by atoms with Crippen molar-refractivity contribution in [1.82, 2.24) is 10.0 Å². The van der Waals surface area contributed by atoms with E-state index in [1.165, 1.54) is 25.1 Å². The Morgan fingerprint density at radius 2 is 2.00 bits per heavy atom. The predicted molar refractivity (Wildman–Crippen MR) is 92.6 cm³/mol. The molecule has 9 heteroatoms. The fourth-order valence-electron chi connectivity index (χ4n) is 2.58. The summed E-state index contributed by atoms with van der Waals surface area (Å²) in [6.45, 7) is 0.915. The summed E-state index contributed by atoms with van der Waals surface area (Å²) in [5.74, 6) is -1.21. The van der Waals surface area contributed by atoms with Crippen molar-refractivity contribution in [3.8, 4) is 0 Å². The third-order valence-electron chi connectivity index (χ3n) is 3.86. The molecule has 0 heterocycles. The lowest BCUT2D eigenvalue weighted by Gasteiger charge is -2.15. The van der Waals surface area contributed by atoms with Crippen LogP contribution in [0.1, 0.15) is 32.6 Å². The molecule has 1 saturated carbocycles. The molecule has 0 aliphatic heterocycles. The molecule has 0 spiro atoms. The van der Waals surface area contributed by atoms with Crippen LogP contribution in [-0.2, 0) is 24.3 Å². The molecular formula is C16H21ClN2O5S. The standard InChI is InChI=1S/C16H21ClN2O5S/c1-11(19-25(22,23)14-8-4-5-12(17)9-14)16(21)24-10-15(20)18-13-6-2-3-7-13/h4-5,8-9,11,13,19H,2-3,6-7,10H2,1H3,(H,18,20)/t11-/m0/s1. The Hall–Kier alpha value is -1.64. The molecule has 1 aromatic rings. The molecule has 2 N–H and O–H groups in total. The van der Waals surface area contributed by atoms with Gasteiger partial charge in [-0.3, -0.25) is 9.59 Å². The first kappa shape index (κ1) is 19.7. The fourth-order valence-corrected chi connectivity index (χ4v) is 4.08. The lowest BCUT2D eigenvalue weighted by molar-refractivity contribution is -0.149. The van der Waals surface area contributed by atoms with Crippen molar-refractivity contribution in [3.05, 3.63) is 29.3 Å². The van der Waals surface area contributed by atoms with Crippen molar-refractivity contribution in [2.45, 2.75) is 49.6 Å². The monoisotopic (exact) mass is 388 g/mol. The van der Waals surface area contributed by atoms with Crippen LogP contribution in [-0.4, -0.2) is 39.0 Å². The Morgan fingerprint density at radius 3 is 2.64 bits per heavy atom. The molecule has 2 rings (SSSR count). The molecule has 0 aromatic heterocycles. The van der Waals surface area contributed by atoms with Crippen LogP contribution >= 0.6 is 11.6 Å². The van der Waals surface area contributed by atoms with Crippen LogP contribution in [0.4, 0.5) is 0 Å². The normalized spacial score (nSPS) is 16.4. The molecule has 1 fully saturated rings. The average molecular weight is 389 g/mol. The molecule has 0 radical (unpaired) electrons. The number of nitrogens with one attached hydrogen (secondary N) is 2. The molecule has 7 nitrogen and oxygen atoms in total. The van der Waals surface area contributed by atoms with E-state index in [-0.39, 0.29) is 21.9 Å². The summed E-state index contributed by atoms with van der Waals surface area (Å²) in [5.41, 5.74) is 0. The van der Waals surface area contributed by atoms with E-state index in [0.717, 1.165) is 25.7 Å². The molecule has 0 saturated heterocycles. The van der Waals surface area contributed by atoms with Crippen LogP contribution in [0.15, 0.2) is 29.2 Å². The van der Waals surface area contributed by atoms with Crippen molar-refractivity contribution in [2.24, 2.45) is 0 Å². The Labute approximate surface area is 152 Å². The number of esters is 1. The first-order valence-electron chi connectivity index (χ1n) is 8.02. The van der Waals surface area contributed by atoms with Gasteiger partial charge in [-0.2, -0.15) is 4.72 Å². The van der Waals surface area contributed by atoms with Gasteiger partial charge >= 0.3 is 5.97 Å². The van der Waals surface area contributed by atoms with Gasteiger partial charge < -0.3 is 10.1 Å². The molecule has 25 heavy (non-hydrogen) atoms. The maximum atomic E-state index is 12.2. The van der Waals surface area contributed by atoms with Crippen LogP contribution in [0, 0.1) is 0 Å². The SMILES string of the molecule is C[C@H](NS(=O)(=O)c1cccc(Cl)c1)C(=O)OCC(=O)NC1CCCC1. The van der Waals surface area contributed by atoms with Crippen LogP contribution in [0.2, 0.25) is 5.02 Å². The third kappa shape index (κ3) is 5.98. The van der Waals surface area contributed by atoms with Crippen molar-refractivity contribution in [3.63, 3.8) is 0 Å². The second kappa shape index (κ2) is 8.64. The number of benzene rings is 1. The summed E-state index contributed by atoms with van der Waals surface area (Å²) in [5, 5.41) is 3.05. The molecule has 138 valence electrons. The third-order valence-corrected chi connectivity index (χ3v) is 5.63. The van der Waals surface area contributed by atoms with E-state index in [1.54, 1.807) is 6.07 Å². The van der Waals surface area contributed by atoms with E-state index in [9.17, 15) is 18.0 Å². The Balaban J connectivity index is 1.83. The van der Waals surface area contributed by atoms with Crippen LogP contribution in [0.5, 0.6) is 0 Å². The second-order valence-electron chi connectivity index (χ2n) is 5.96. The van der Waals surface area contributed by atoms with Gasteiger partial charge in [-0.1, -0.05) is 30.5 Å². The highest BCUT2D eigenvalue weighted by atomic mass is 35.5. The number of sulfonamides is 1. The minimum Gasteiger partial charge on any atom is -0.454 e. The van der Waals surface area contributed by atoms with Gasteiger partial charge in [-0.15, -0.1) is 0 Å². The molecular weight excluding hydrogens is 368 g/mol. The van der Waals surface area contributed by atoms with Gasteiger partial charge in [-0.05, 0) is 38.0 Å². The summed E-state index contributed by atoms with van der Waals surface area (Å²) in [6, 6.07) is 4.67. The summed E-state index contributed by atoms with van der Waals surface area (Å²) in [4.78, 5) is 23.6. The minimum absolute atomic E-state index is 0.0568. The van der Waals surface area contributed by atoms with Gasteiger partial charge in [0.05, 0.1) is 4.90 Å². The van der Waals surface area contributed by atoms with Crippen LogP contribution in [0.3, 0.4) is 0 Å². The topological polar surface area (TPSA) is 102 Å². The Kier molecular flexibility index (Phi) is 6.80. The molecule has 0 unspecified atom stereocenters. The average Bonchev–Trinajstić information content (AvgIpc) is 3.05. The van der Waals surface area contributed by atoms with E-state index < -0.39 is 28.6 Å². The number of ether oxygens (including phenoxy) is 1. The number of carbonyl (C=O) groups excluding carboxylic acids is 2. The highest BCUT2D eigenvalue weighted by Gasteiger charge is 2.24. The minimum atomic E-state index is -3.92. The molecule has 1 aliphatic rings. The van der Waals surface area contributed by atoms with Crippen molar-refractivity contribution < 1.29 is 22.7 Å². The smallest absolute Gasteiger partial charge is 0.324 e. The summed E-state index contributed by atoms with van der Waals surface area (Å²) >= 11 is 5.78. The first-order valence-corrected chi connectivity index (χ1v) is 9.88.